The minimum absolute atomic E-state index is 0.0422. The van der Waals surface area contributed by atoms with E-state index in [1.54, 1.807) is 24.3 Å². The molecule has 1 fully saturated rings. The fourth-order valence-electron chi connectivity index (χ4n) is 1.78. The summed E-state index contributed by atoms with van der Waals surface area (Å²) in [5.74, 6) is -1.77. The summed E-state index contributed by atoms with van der Waals surface area (Å²) >= 11 is 5.96. The van der Waals surface area contributed by atoms with Crippen molar-refractivity contribution in [2.75, 3.05) is 11.4 Å². The summed E-state index contributed by atoms with van der Waals surface area (Å²) in [4.78, 5) is 23.9. The molecule has 1 aliphatic rings. The van der Waals surface area contributed by atoms with Gasteiger partial charge in [0.2, 0.25) is 5.91 Å². The van der Waals surface area contributed by atoms with E-state index in [1.807, 2.05) is 0 Å². The maximum atomic E-state index is 11.6. The van der Waals surface area contributed by atoms with E-state index in [4.69, 9.17) is 16.7 Å². The third-order valence-corrected chi connectivity index (χ3v) is 2.94. The lowest BCUT2D eigenvalue weighted by molar-refractivity contribution is -0.141. The van der Waals surface area contributed by atoms with Crippen molar-refractivity contribution in [2.45, 2.75) is 6.42 Å². The van der Waals surface area contributed by atoms with Crippen LogP contribution in [0.2, 0.25) is 5.02 Å². The highest BCUT2D eigenvalue weighted by Gasteiger charge is 2.35. The van der Waals surface area contributed by atoms with Gasteiger partial charge < -0.3 is 10.0 Å². The van der Waals surface area contributed by atoms with Crippen molar-refractivity contribution < 1.29 is 14.7 Å². The molecule has 84 valence electrons. The Bertz CT molecular complexity index is 447. The highest BCUT2D eigenvalue weighted by Crippen LogP contribution is 2.30. The number of anilines is 1. The molecule has 0 spiro atoms. The molecule has 0 bridgehead atoms. The van der Waals surface area contributed by atoms with Crippen LogP contribution in [-0.2, 0) is 9.59 Å². The number of amides is 1. The zero-order valence-corrected chi connectivity index (χ0v) is 9.15. The molecule has 1 amide bonds. The van der Waals surface area contributed by atoms with Gasteiger partial charge in [0, 0.05) is 13.0 Å². The van der Waals surface area contributed by atoms with Crippen LogP contribution in [0, 0.1) is 5.92 Å². The van der Waals surface area contributed by atoms with E-state index >= 15 is 0 Å². The first kappa shape index (κ1) is 11.0. The summed E-state index contributed by atoms with van der Waals surface area (Å²) < 4.78 is 0. The minimum atomic E-state index is -0.942. The van der Waals surface area contributed by atoms with E-state index in [9.17, 15) is 9.59 Å². The van der Waals surface area contributed by atoms with Crippen molar-refractivity contribution in [1.29, 1.82) is 0 Å². The van der Waals surface area contributed by atoms with Crippen molar-refractivity contribution in [2.24, 2.45) is 5.92 Å². The van der Waals surface area contributed by atoms with Crippen LogP contribution >= 0.6 is 11.6 Å². The number of hydrogen-bond donors (Lipinski definition) is 1. The first-order valence-electron chi connectivity index (χ1n) is 4.87. The largest absolute Gasteiger partial charge is 0.481 e. The predicted molar refractivity (Wildman–Crippen MR) is 59.5 cm³/mol. The highest BCUT2D eigenvalue weighted by molar-refractivity contribution is 6.33. The summed E-state index contributed by atoms with van der Waals surface area (Å²) in [5.41, 5.74) is 0.581. The van der Waals surface area contributed by atoms with Gasteiger partial charge in [0.25, 0.3) is 0 Å². The number of aliphatic carboxylic acids is 1. The van der Waals surface area contributed by atoms with Crippen molar-refractivity contribution in [3.63, 3.8) is 0 Å². The lowest BCUT2D eigenvalue weighted by Gasteiger charge is -2.17. The summed E-state index contributed by atoms with van der Waals surface area (Å²) in [7, 11) is 0. The van der Waals surface area contributed by atoms with Crippen molar-refractivity contribution in [1.82, 2.24) is 0 Å². The zero-order chi connectivity index (χ0) is 11.7. The van der Waals surface area contributed by atoms with Crippen LogP contribution in [0.4, 0.5) is 5.69 Å². The van der Waals surface area contributed by atoms with Crippen LogP contribution in [-0.4, -0.2) is 23.5 Å². The molecule has 0 aliphatic carbocycles. The standard InChI is InChI=1S/C11H10ClNO3/c12-8-3-1-2-4-9(8)13-6-7(11(15)16)5-10(13)14/h1-4,7H,5-6H2,(H,15,16)/t7-/m0/s1. The van der Waals surface area contributed by atoms with Gasteiger partial charge in [0.1, 0.15) is 0 Å². The average molecular weight is 240 g/mol. The van der Waals surface area contributed by atoms with E-state index in [0.717, 1.165) is 0 Å². The summed E-state index contributed by atoms with van der Waals surface area (Å²) in [6, 6.07) is 6.92. The molecule has 4 nitrogen and oxygen atoms in total. The Morgan fingerprint density at radius 1 is 1.44 bits per heavy atom. The number of hydrogen-bond acceptors (Lipinski definition) is 2. The number of carbonyl (C=O) groups excluding carboxylic acids is 1. The third-order valence-electron chi connectivity index (χ3n) is 2.62. The minimum Gasteiger partial charge on any atom is -0.481 e. The summed E-state index contributed by atoms with van der Waals surface area (Å²) in [5, 5.41) is 9.31. The van der Waals surface area contributed by atoms with Gasteiger partial charge in [-0.2, -0.15) is 0 Å². The van der Waals surface area contributed by atoms with E-state index < -0.39 is 11.9 Å². The number of para-hydroxylation sites is 1. The molecule has 5 heteroatoms. The van der Waals surface area contributed by atoms with Crippen LogP contribution in [0.1, 0.15) is 6.42 Å². The monoisotopic (exact) mass is 239 g/mol. The second kappa shape index (κ2) is 4.14. The lowest BCUT2D eigenvalue weighted by atomic mass is 10.1. The quantitative estimate of drug-likeness (QED) is 0.856. The number of carbonyl (C=O) groups is 2. The van der Waals surface area contributed by atoms with Crippen molar-refractivity contribution >= 4 is 29.2 Å². The Morgan fingerprint density at radius 2 is 2.12 bits per heavy atom. The fourth-order valence-corrected chi connectivity index (χ4v) is 2.01. The molecular formula is C11H10ClNO3. The second-order valence-corrected chi connectivity index (χ2v) is 4.10. The summed E-state index contributed by atoms with van der Waals surface area (Å²) in [6.07, 6.45) is 0.0422. The first-order valence-corrected chi connectivity index (χ1v) is 5.25. The number of halogens is 1. The van der Waals surface area contributed by atoms with Crippen molar-refractivity contribution in [3.8, 4) is 0 Å². The first-order chi connectivity index (χ1) is 7.59. The molecule has 1 heterocycles. The maximum absolute atomic E-state index is 11.6. The van der Waals surface area contributed by atoms with Crippen LogP contribution in [0.3, 0.4) is 0 Å². The molecule has 0 unspecified atom stereocenters. The molecule has 0 aromatic heterocycles. The van der Waals surface area contributed by atoms with Gasteiger partial charge in [0.05, 0.1) is 16.6 Å². The van der Waals surface area contributed by atoms with Crippen LogP contribution < -0.4 is 4.90 Å². The molecule has 0 saturated carbocycles. The molecule has 2 rings (SSSR count). The van der Waals surface area contributed by atoms with E-state index in [1.165, 1.54) is 4.90 Å². The van der Waals surface area contributed by atoms with Gasteiger partial charge in [-0.1, -0.05) is 23.7 Å². The van der Waals surface area contributed by atoms with E-state index in [-0.39, 0.29) is 18.9 Å². The Kier molecular flexibility index (Phi) is 2.83. The van der Waals surface area contributed by atoms with Gasteiger partial charge in [-0.15, -0.1) is 0 Å². The number of nitrogens with zero attached hydrogens (tertiary/aromatic N) is 1. The van der Waals surface area contributed by atoms with Crippen LogP contribution in [0.15, 0.2) is 24.3 Å². The fraction of sp³-hybridized carbons (Fsp3) is 0.273. The molecular weight excluding hydrogens is 230 g/mol. The molecule has 1 aromatic carbocycles. The second-order valence-electron chi connectivity index (χ2n) is 3.70. The Morgan fingerprint density at radius 3 is 2.69 bits per heavy atom. The molecule has 1 aromatic rings. The smallest absolute Gasteiger partial charge is 0.308 e. The van der Waals surface area contributed by atoms with Crippen LogP contribution in [0.5, 0.6) is 0 Å². The van der Waals surface area contributed by atoms with Gasteiger partial charge in [-0.25, -0.2) is 0 Å². The van der Waals surface area contributed by atoms with Gasteiger partial charge in [-0.3, -0.25) is 9.59 Å². The van der Waals surface area contributed by atoms with E-state index in [0.29, 0.717) is 10.7 Å². The number of rotatable bonds is 2. The SMILES string of the molecule is O=C(O)[C@H]1CC(=O)N(c2ccccc2Cl)C1. The zero-order valence-electron chi connectivity index (χ0n) is 8.39. The average Bonchev–Trinajstić information content (AvgIpc) is 2.61. The van der Waals surface area contributed by atoms with Crippen molar-refractivity contribution in [3.05, 3.63) is 29.3 Å². The Hall–Kier alpha value is -1.55. The molecule has 1 atom stereocenters. The van der Waals surface area contributed by atoms with Gasteiger partial charge in [-0.05, 0) is 12.1 Å². The molecule has 1 N–H and O–H groups in total. The predicted octanol–water partition coefficient (Wildman–Crippen LogP) is 1.78. The van der Waals surface area contributed by atoms with E-state index in [2.05, 4.69) is 0 Å². The molecule has 0 radical (unpaired) electrons. The number of carboxylic acid groups (broad SMARTS) is 1. The highest BCUT2D eigenvalue weighted by atomic mass is 35.5. The Balaban J connectivity index is 2.27. The maximum Gasteiger partial charge on any atom is 0.308 e. The topological polar surface area (TPSA) is 57.6 Å². The number of benzene rings is 1. The van der Waals surface area contributed by atoms with Gasteiger partial charge in [0.15, 0.2) is 0 Å². The lowest BCUT2D eigenvalue weighted by Crippen LogP contribution is -2.25. The normalized spacial score (nSPS) is 20.2. The third kappa shape index (κ3) is 1.88. The van der Waals surface area contributed by atoms with Crippen LogP contribution in [0.25, 0.3) is 0 Å². The Labute approximate surface area is 97.4 Å². The molecule has 1 saturated heterocycles. The van der Waals surface area contributed by atoms with Gasteiger partial charge >= 0.3 is 5.97 Å². The molecule has 1 aliphatic heterocycles. The number of carboxylic acids is 1. The summed E-state index contributed by atoms with van der Waals surface area (Å²) in [6.45, 7) is 0.192. The molecule has 16 heavy (non-hydrogen) atoms.